The Labute approximate surface area is 450 Å². The summed E-state index contributed by atoms with van der Waals surface area (Å²) in [6, 6.07) is 40.3. The Morgan fingerprint density at radius 1 is 0.480 bits per heavy atom. The van der Waals surface area contributed by atoms with Gasteiger partial charge >= 0.3 is 284 Å². The van der Waals surface area contributed by atoms with E-state index in [9.17, 15) is 26.3 Å². The van der Waals surface area contributed by atoms with Crippen LogP contribution in [0.2, 0.25) is 13.1 Å². The van der Waals surface area contributed by atoms with Crippen LogP contribution in [0.15, 0.2) is 150 Å². The molecule has 0 amide bonds. The van der Waals surface area contributed by atoms with Gasteiger partial charge in [-0.3, -0.25) is 6.08 Å². The van der Waals surface area contributed by atoms with Crippen molar-refractivity contribution in [1.29, 1.82) is 0 Å². The van der Waals surface area contributed by atoms with Crippen LogP contribution in [0, 0.1) is 71.2 Å². The smallest absolute Gasteiger partial charge is 0.275 e. The molecular weight excluding hydrogens is 1060 g/mol. The van der Waals surface area contributed by atoms with Crippen LogP contribution in [0.25, 0.3) is 71.3 Å². The third-order valence-corrected chi connectivity index (χ3v) is 14.3. The van der Waals surface area contributed by atoms with Crippen molar-refractivity contribution >= 4 is 58.5 Å². The molecular formula is C62H46BF10SiZr. The Kier molecular flexibility index (Phi) is 17.3. The number of benzene rings is 8. The second-order valence-corrected chi connectivity index (χ2v) is 20.6. The number of halogens is 10. The van der Waals surface area contributed by atoms with E-state index in [0.717, 1.165) is 6.07 Å². The Bertz CT molecular complexity index is 3760. The van der Waals surface area contributed by atoms with Crippen molar-refractivity contribution in [2.75, 3.05) is 0 Å². The van der Waals surface area contributed by atoms with Crippen LogP contribution in [0.3, 0.4) is 0 Å². The molecule has 0 aliphatic heterocycles. The van der Waals surface area contributed by atoms with Crippen molar-refractivity contribution in [1.82, 2.24) is 0 Å². The molecule has 0 N–H and O–H groups in total. The van der Waals surface area contributed by atoms with Gasteiger partial charge in [0, 0.05) is 0 Å². The number of aryl methyl sites for hydroxylation is 1. The maximum absolute atomic E-state index is 15.7. The zero-order valence-corrected chi connectivity index (χ0v) is 45.5. The van der Waals surface area contributed by atoms with Gasteiger partial charge in [-0.15, -0.1) is 60.0 Å². The number of allylic oxidation sites excluding steroid dienone is 5. The number of hydrogen-bond acceptors (Lipinski definition) is 0. The van der Waals surface area contributed by atoms with Crippen molar-refractivity contribution in [2.24, 2.45) is 0 Å². The third-order valence-electron chi connectivity index (χ3n) is 13.4. The van der Waals surface area contributed by atoms with E-state index in [-0.39, 0.29) is 42.9 Å². The summed E-state index contributed by atoms with van der Waals surface area (Å²) < 4.78 is 149. The summed E-state index contributed by atoms with van der Waals surface area (Å²) in [5.41, 5.74) is 3.20. The molecule has 375 valence electrons. The molecule has 9 aromatic carbocycles. The summed E-state index contributed by atoms with van der Waals surface area (Å²) in [5.74, 6) is -23.8. The molecule has 0 saturated carbocycles. The zero-order valence-electron chi connectivity index (χ0n) is 42.1. The minimum Gasteiger partial charge on any atom is -0.275 e. The first-order valence-electron chi connectivity index (χ1n) is 23.5. The standard InChI is InChI=1S/C34H18BF10Si.C20H15.C8H13.Zr/c1-13-19(16-10-6-8-14-7-4-5-9-15(14)16)21-18(24(13)35-46(2)3)12-11-17(22-25(36)29(40)33(44)30(41)26(22)37)20(21)23-27(38)31(42)34(45)32(43)28(23)39;1-14-13-16-8-3-5-11-18(16)20(14)19-12-6-9-15-7-2-4-10-17(15)19;1-5-7(3)8(4)6-2;/h4-12H,1-3H3;2-13H,1H3;5H,1-4H3;/q;2*-1;+2. The minimum atomic E-state index is -2.49. The van der Waals surface area contributed by atoms with E-state index in [1.54, 1.807) is 49.4 Å². The quantitative estimate of drug-likeness (QED) is 0.0389. The molecule has 1 radical (unpaired) electrons. The van der Waals surface area contributed by atoms with Gasteiger partial charge in [0.05, 0.1) is 0 Å². The molecule has 9 aromatic rings. The van der Waals surface area contributed by atoms with E-state index in [1.807, 2.05) is 33.5 Å². The monoisotopic (exact) mass is 1110 g/mol. The van der Waals surface area contributed by atoms with Crippen LogP contribution in [-0.4, -0.2) is 20.6 Å². The third kappa shape index (κ3) is 10.3. The van der Waals surface area contributed by atoms with Crippen LogP contribution < -0.4 is 0 Å². The SMILES string of the molecule is CC1=C(c2cccc3ccccc23)c2c(ccc(-c3c(F)c(F)c(F)c(F)c3F)c2-c2c(F)c(F)c(F)c(F)c2F)C1=B[Si](C)C.C[C-]=C(C)C(C)=CC.Cc1[cH-]c2ccccc2c1-c1cccc2ccccc12.[Zr+2]. The molecule has 0 spiro atoms. The van der Waals surface area contributed by atoms with Crippen LogP contribution in [0.1, 0.15) is 56.9 Å². The first-order chi connectivity index (χ1) is 35.3. The maximum Gasteiger partial charge on any atom is 2.00 e. The Hall–Kier alpha value is -6.56. The molecule has 1 aliphatic carbocycles. The van der Waals surface area contributed by atoms with Gasteiger partial charge in [0.25, 0.3) is 0 Å². The van der Waals surface area contributed by atoms with E-state index in [1.165, 1.54) is 55.4 Å². The van der Waals surface area contributed by atoms with Crippen molar-refractivity contribution in [3.05, 3.63) is 237 Å². The van der Waals surface area contributed by atoms with Gasteiger partial charge in [-0.1, -0.05) is 74.9 Å². The van der Waals surface area contributed by atoms with E-state index >= 15 is 17.6 Å². The van der Waals surface area contributed by atoms with Gasteiger partial charge in [0.1, 0.15) is 0 Å². The summed E-state index contributed by atoms with van der Waals surface area (Å²) in [6.45, 7) is 17.7. The molecule has 0 heterocycles. The van der Waals surface area contributed by atoms with Crippen molar-refractivity contribution in [3.8, 4) is 33.4 Å². The van der Waals surface area contributed by atoms with E-state index < -0.39 is 89.1 Å². The predicted octanol–water partition coefficient (Wildman–Crippen LogP) is 18.3. The van der Waals surface area contributed by atoms with E-state index in [0.29, 0.717) is 27.4 Å². The molecule has 0 unspecified atom stereocenters. The summed E-state index contributed by atoms with van der Waals surface area (Å²) >= 11 is 0. The molecule has 0 atom stereocenters. The van der Waals surface area contributed by atoms with Crippen LogP contribution >= 0.6 is 0 Å². The van der Waals surface area contributed by atoms with E-state index in [4.69, 9.17) is 0 Å². The molecule has 75 heavy (non-hydrogen) atoms. The van der Waals surface area contributed by atoms with Gasteiger partial charge in [0.15, 0.2) is 0 Å². The summed E-state index contributed by atoms with van der Waals surface area (Å²) in [6.07, 6.45) is 5.15. The van der Waals surface area contributed by atoms with Crippen LogP contribution in [0.5, 0.6) is 0 Å². The maximum atomic E-state index is 15.7. The molecule has 0 bridgehead atoms. The second-order valence-electron chi connectivity index (χ2n) is 18.1. The summed E-state index contributed by atoms with van der Waals surface area (Å²) in [5, 5.41) is 6.62. The van der Waals surface area contributed by atoms with Gasteiger partial charge in [-0.05, 0) is 10.8 Å². The van der Waals surface area contributed by atoms with Gasteiger partial charge < -0.3 is 0 Å². The number of rotatable bonds is 6. The van der Waals surface area contributed by atoms with Gasteiger partial charge in [-0.2, -0.15) is 6.08 Å². The largest absolute Gasteiger partial charge is 2.00 e. The van der Waals surface area contributed by atoms with Gasteiger partial charge in [0.2, 0.25) is 0 Å². The molecule has 0 aromatic heterocycles. The minimum absolute atomic E-state index is 0. The average molecular weight is 1110 g/mol. The molecule has 0 saturated heterocycles. The normalized spacial score (nSPS) is 13.0. The number of fused-ring (bicyclic) bond motifs is 4. The topological polar surface area (TPSA) is 0 Å². The summed E-state index contributed by atoms with van der Waals surface area (Å²) in [7, 11) is -1.22. The first-order valence-corrected chi connectivity index (χ1v) is 26.1. The van der Waals surface area contributed by atoms with Crippen molar-refractivity contribution < 1.29 is 70.1 Å². The van der Waals surface area contributed by atoms with Crippen LogP contribution in [0.4, 0.5) is 43.9 Å². The Balaban J connectivity index is 0.000000231. The van der Waals surface area contributed by atoms with Crippen molar-refractivity contribution in [2.45, 2.75) is 54.6 Å². The Morgan fingerprint density at radius 2 is 0.920 bits per heavy atom. The fraction of sp³-hybridized carbons (Fsp3) is 0.129. The molecule has 0 nitrogen and oxygen atoms in total. The zero-order chi connectivity index (χ0) is 53.4. The van der Waals surface area contributed by atoms with Gasteiger partial charge in [-0.25, -0.2) is 11.1 Å². The predicted molar refractivity (Wildman–Crippen MR) is 285 cm³/mol. The summed E-state index contributed by atoms with van der Waals surface area (Å²) in [4.78, 5) is 0. The fourth-order valence-corrected chi connectivity index (χ4v) is 10.5. The van der Waals surface area contributed by atoms with Crippen molar-refractivity contribution in [3.63, 3.8) is 0 Å². The molecule has 1 aliphatic rings. The Morgan fingerprint density at radius 3 is 1.43 bits per heavy atom. The molecule has 0 fully saturated rings. The first kappa shape index (κ1) is 56.2. The second kappa shape index (κ2) is 23.1. The average Bonchev–Trinajstić information content (AvgIpc) is 3.89. The molecule has 10 rings (SSSR count). The molecule has 13 heteroatoms. The fourth-order valence-electron chi connectivity index (χ4n) is 9.58. The number of hydrogen-bond donors (Lipinski definition) is 0. The van der Waals surface area contributed by atoms with E-state index in [2.05, 4.69) is 106 Å². The van der Waals surface area contributed by atoms with Crippen LogP contribution in [-0.2, 0) is 26.2 Å².